The Kier molecular flexibility index (Phi) is 3.08. The molecule has 1 aromatic heterocycles. The number of thioether (sulfide) groups is 1. The molecular formula is C11H10N6OS. The molecule has 7 nitrogen and oxygen atoms in total. The van der Waals surface area contributed by atoms with E-state index >= 15 is 0 Å². The Bertz CT molecular complexity index is 641. The number of rotatable bonds is 3. The highest BCUT2D eigenvalue weighted by Crippen LogP contribution is 2.19. The maximum atomic E-state index is 11.9. The first-order valence-corrected chi connectivity index (χ1v) is 6.62. The van der Waals surface area contributed by atoms with Gasteiger partial charge in [-0.25, -0.2) is 9.67 Å². The Morgan fingerprint density at radius 1 is 1.37 bits per heavy atom. The number of nitrogens with zero attached hydrogens (tertiary/aromatic N) is 6. The van der Waals surface area contributed by atoms with Crippen LogP contribution in [0.2, 0.25) is 0 Å². The van der Waals surface area contributed by atoms with Crippen molar-refractivity contribution >= 4 is 29.2 Å². The van der Waals surface area contributed by atoms with Gasteiger partial charge in [0.15, 0.2) is 0 Å². The fraction of sp³-hybridized carbons (Fsp3) is 0.273. The summed E-state index contributed by atoms with van der Waals surface area (Å²) in [5.74, 6) is 0.477. The second-order valence-electron chi connectivity index (χ2n) is 4.00. The minimum absolute atomic E-state index is 0.169. The molecule has 1 amide bonds. The third kappa shape index (κ3) is 2.39. The topological polar surface area (TPSA) is 85.4 Å². The lowest BCUT2D eigenvalue weighted by Crippen LogP contribution is -2.27. The van der Waals surface area contributed by atoms with Crippen LogP contribution in [0, 0.1) is 5.92 Å². The van der Waals surface area contributed by atoms with E-state index in [0.717, 1.165) is 5.71 Å². The molecule has 0 saturated carbocycles. The summed E-state index contributed by atoms with van der Waals surface area (Å²) in [6.45, 7) is 0. The molecule has 0 radical (unpaired) electrons. The molecule has 1 aromatic rings. The smallest absolute Gasteiger partial charge is 0.260 e. The van der Waals surface area contributed by atoms with Gasteiger partial charge in [0.2, 0.25) is 5.16 Å². The standard InChI is InChI=1S/C11H10N6OS/c1-17-11(14-15-16-17)19-6-9-12-8-5-3-2-4-7(8)10(18)13-9/h2-5,7H,6H2,1H3. The normalized spacial score (nSPS) is 21.1. The number of amidine groups is 1. The van der Waals surface area contributed by atoms with E-state index in [2.05, 4.69) is 25.5 Å². The van der Waals surface area contributed by atoms with Gasteiger partial charge in [-0.15, -0.1) is 5.10 Å². The van der Waals surface area contributed by atoms with Crippen LogP contribution in [0.25, 0.3) is 0 Å². The molecule has 2 heterocycles. The van der Waals surface area contributed by atoms with Gasteiger partial charge in [-0.05, 0) is 16.5 Å². The number of amides is 1. The lowest BCUT2D eigenvalue weighted by atomic mass is 9.97. The summed E-state index contributed by atoms with van der Waals surface area (Å²) in [6, 6.07) is 0. The first kappa shape index (κ1) is 12.0. The fourth-order valence-electron chi connectivity index (χ4n) is 1.76. The summed E-state index contributed by atoms with van der Waals surface area (Å²) in [5.41, 5.74) is 0.745. The summed E-state index contributed by atoms with van der Waals surface area (Å²) in [5, 5.41) is 11.8. The van der Waals surface area contributed by atoms with Crippen molar-refractivity contribution in [2.45, 2.75) is 5.16 Å². The van der Waals surface area contributed by atoms with Crippen LogP contribution < -0.4 is 0 Å². The van der Waals surface area contributed by atoms with Crippen LogP contribution in [0.1, 0.15) is 0 Å². The number of fused-ring (bicyclic) bond motifs is 1. The summed E-state index contributed by atoms with van der Waals surface area (Å²) >= 11 is 1.40. The third-order valence-corrected chi connectivity index (χ3v) is 3.68. The molecule has 19 heavy (non-hydrogen) atoms. The molecule has 2 aliphatic rings. The van der Waals surface area contributed by atoms with E-state index in [1.54, 1.807) is 17.8 Å². The van der Waals surface area contributed by atoms with Crippen LogP contribution in [0.4, 0.5) is 0 Å². The van der Waals surface area contributed by atoms with Gasteiger partial charge in [-0.3, -0.25) is 4.79 Å². The molecule has 0 bridgehead atoms. The van der Waals surface area contributed by atoms with Gasteiger partial charge in [-0.2, -0.15) is 4.99 Å². The fourth-order valence-corrected chi connectivity index (χ4v) is 2.46. The highest BCUT2D eigenvalue weighted by atomic mass is 32.2. The molecule has 0 saturated heterocycles. The average molecular weight is 274 g/mol. The van der Waals surface area contributed by atoms with Gasteiger partial charge in [0.1, 0.15) is 11.8 Å². The van der Waals surface area contributed by atoms with E-state index in [-0.39, 0.29) is 11.8 Å². The van der Waals surface area contributed by atoms with E-state index in [1.807, 2.05) is 18.2 Å². The predicted octanol–water partition coefficient (Wildman–Crippen LogP) is 0.424. The zero-order valence-electron chi connectivity index (χ0n) is 10.1. The molecule has 0 aromatic carbocycles. The Balaban J connectivity index is 1.74. The average Bonchev–Trinajstić information content (AvgIpc) is 2.82. The summed E-state index contributed by atoms with van der Waals surface area (Å²) in [7, 11) is 1.76. The second kappa shape index (κ2) is 4.88. The summed E-state index contributed by atoms with van der Waals surface area (Å²) < 4.78 is 1.56. The molecule has 8 heteroatoms. The van der Waals surface area contributed by atoms with Gasteiger partial charge in [0, 0.05) is 7.05 Å². The van der Waals surface area contributed by atoms with E-state index in [9.17, 15) is 4.79 Å². The largest absolute Gasteiger partial charge is 0.271 e. The van der Waals surface area contributed by atoms with Gasteiger partial charge in [-0.1, -0.05) is 30.0 Å². The van der Waals surface area contributed by atoms with Crippen LogP contribution in [-0.2, 0) is 11.8 Å². The molecule has 3 rings (SSSR count). The van der Waals surface area contributed by atoms with Gasteiger partial charge < -0.3 is 0 Å². The van der Waals surface area contributed by atoms with Crippen molar-refractivity contribution in [3.05, 3.63) is 24.3 Å². The van der Waals surface area contributed by atoms with Crippen molar-refractivity contribution in [1.82, 2.24) is 20.2 Å². The quantitative estimate of drug-likeness (QED) is 0.746. The summed E-state index contributed by atoms with van der Waals surface area (Å²) in [6.07, 6.45) is 7.35. The molecular weight excluding hydrogens is 264 g/mol. The maximum Gasteiger partial charge on any atom is 0.260 e. The molecule has 0 spiro atoms. The third-order valence-electron chi connectivity index (χ3n) is 2.68. The van der Waals surface area contributed by atoms with Gasteiger partial charge >= 0.3 is 0 Å². The minimum Gasteiger partial charge on any atom is -0.271 e. The van der Waals surface area contributed by atoms with Crippen LogP contribution in [0.3, 0.4) is 0 Å². The number of carbonyl (C=O) groups is 1. The Morgan fingerprint density at radius 3 is 3.05 bits per heavy atom. The lowest BCUT2D eigenvalue weighted by Gasteiger charge is -2.17. The van der Waals surface area contributed by atoms with Crippen molar-refractivity contribution < 1.29 is 4.79 Å². The lowest BCUT2D eigenvalue weighted by molar-refractivity contribution is -0.118. The molecule has 96 valence electrons. The second-order valence-corrected chi connectivity index (χ2v) is 4.94. The molecule has 0 N–H and O–H groups in total. The molecule has 1 aliphatic heterocycles. The number of hydrogen-bond donors (Lipinski definition) is 0. The summed E-state index contributed by atoms with van der Waals surface area (Å²) in [4.78, 5) is 20.3. The minimum atomic E-state index is -0.324. The van der Waals surface area contributed by atoms with Crippen molar-refractivity contribution in [1.29, 1.82) is 0 Å². The van der Waals surface area contributed by atoms with Crippen LogP contribution in [0.5, 0.6) is 0 Å². The Hall–Kier alpha value is -2.09. The number of allylic oxidation sites excluding steroid dienone is 3. The van der Waals surface area contributed by atoms with E-state index in [4.69, 9.17) is 0 Å². The number of aliphatic imine (C=N–C) groups is 2. The van der Waals surface area contributed by atoms with Gasteiger partial charge in [0.25, 0.3) is 5.91 Å². The zero-order chi connectivity index (χ0) is 13.2. The molecule has 1 atom stereocenters. The van der Waals surface area contributed by atoms with Crippen molar-refractivity contribution in [2.24, 2.45) is 23.0 Å². The maximum absolute atomic E-state index is 11.9. The first-order chi connectivity index (χ1) is 9.24. The zero-order valence-corrected chi connectivity index (χ0v) is 10.9. The number of aryl methyl sites for hydroxylation is 1. The Labute approximate surface area is 113 Å². The number of tetrazole rings is 1. The first-order valence-electron chi connectivity index (χ1n) is 5.64. The van der Waals surface area contributed by atoms with Crippen LogP contribution >= 0.6 is 11.8 Å². The van der Waals surface area contributed by atoms with Gasteiger partial charge in [0.05, 0.1) is 11.5 Å². The van der Waals surface area contributed by atoms with Crippen molar-refractivity contribution in [2.75, 3.05) is 5.75 Å². The van der Waals surface area contributed by atoms with Crippen molar-refractivity contribution in [3.8, 4) is 0 Å². The molecule has 1 aliphatic carbocycles. The van der Waals surface area contributed by atoms with E-state index in [0.29, 0.717) is 16.7 Å². The highest BCUT2D eigenvalue weighted by Gasteiger charge is 2.26. The van der Waals surface area contributed by atoms with Crippen LogP contribution in [0.15, 0.2) is 39.4 Å². The monoisotopic (exact) mass is 274 g/mol. The van der Waals surface area contributed by atoms with E-state index in [1.165, 1.54) is 11.8 Å². The predicted molar refractivity (Wildman–Crippen MR) is 71.2 cm³/mol. The molecule has 1 unspecified atom stereocenters. The highest BCUT2D eigenvalue weighted by molar-refractivity contribution is 7.99. The number of aromatic nitrogens is 4. The molecule has 0 fully saturated rings. The number of carbonyl (C=O) groups excluding carboxylic acids is 1. The SMILES string of the molecule is Cn1nnnc1SCC1=NC(=O)C2C=CC=CC2=N1. The van der Waals surface area contributed by atoms with E-state index < -0.39 is 0 Å². The Morgan fingerprint density at radius 2 is 2.26 bits per heavy atom. The van der Waals surface area contributed by atoms with Crippen molar-refractivity contribution in [3.63, 3.8) is 0 Å². The van der Waals surface area contributed by atoms with Crippen LogP contribution in [-0.4, -0.2) is 43.4 Å². The number of hydrogen-bond acceptors (Lipinski definition) is 6.